The van der Waals surface area contributed by atoms with Gasteiger partial charge in [-0.3, -0.25) is 9.59 Å². The van der Waals surface area contributed by atoms with Crippen LogP contribution in [0.25, 0.3) is 0 Å². The van der Waals surface area contributed by atoms with E-state index in [9.17, 15) is 9.59 Å². The van der Waals surface area contributed by atoms with Crippen molar-refractivity contribution in [2.75, 3.05) is 23.7 Å². The monoisotopic (exact) mass is 365 g/mol. The third kappa shape index (κ3) is 6.01. The van der Waals surface area contributed by atoms with Crippen molar-refractivity contribution in [3.05, 3.63) is 23.8 Å². The lowest BCUT2D eigenvalue weighted by Crippen LogP contribution is -2.28. The number of anilines is 2. The van der Waals surface area contributed by atoms with Gasteiger partial charge in [-0.25, -0.2) is 0 Å². The molecule has 0 atom stereocenters. The molecule has 1 aliphatic carbocycles. The summed E-state index contributed by atoms with van der Waals surface area (Å²) in [6, 6.07) is 5.68. The van der Waals surface area contributed by atoms with Gasteiger partial charge in [-0.2, -0.15) is 0 Å². The first-order valence-corrected chi connectivity index (χ1v) is 9.04. The van der Waals surface area contributed by atoms with E-state index in [1.54, 1.807) is 0 Å². The average Bonchev–Trinajstić information content (AvgIpc) is 3.42. The standard InChI is InChI=1S/C19H27N3O2.ClH/c1-13-2-6-16(21-19(24)15-4-5-15)12-17(13)22-18(23)7-3-14-8-10-20-11-9-14;/h2,6,12,14-15,20H,3-5,7-11H2,1H3,(H,21,24)(H,22,23);1H. The minimum Gasteiger partial charge on any atom is -0.326 e. The third-order valence-electron chi connectivity index (χ3n) is 4.97. The zero-order chi connectivity index (χ0) is 16.9. The maximum absolute atomic E-state index is 12.2. The third-order valence-corrected chi connectivity index (χ3v) is 4.97. The van der Waals surface area contributed by atoms with E-state index in [2.05, 4.69) is 16.0 Å². The lowest BCUT2D eigenvalue weighted by Gasteiger charge is -2.22. The van der Waals surface area contributed by atoms with E-state index in [0.717, 1.165) is 62.1 Å². The van der Waals surface area contributed by atoms with Gasteiger partial charge in [0.1, 0.15) is 0 Å². The summed E-state index contributed by atoms with van der Waals surface area (Å²) in [5.41, 5.74) is 2.56. The summed E-state index contributed by atoms with van der Waals surface area (Å²) < 4.78 is 0. The summed E-state index contributed by atoms with van der Waals surface area (Å²) in [5.74, 6) is 0.973. The van der Waals surface area contributed by atoms with Crippen LogP contribution in [-0.4, -0.2) is 24.9 Å². The molecule has 1 aliphatic heterocycles. The van der Waals surface area contributed by atoms with Crippen LogP contribution >= 0.6 is 12.4 Å². The molecule has 0 aromatic heterocycles. The SMILES string of the molecule is Cc1ccc(NC(=O)C2CC2)cc1NC(=O)CCC1CCNCC1.Cl. The van der Waals surface area contributed by atoms with Crippen molar-refractivity contribution in [1.82, 2.24) is 5.32 Å². The number of aryl methyl sites for hydroxylation is 1. The Bertz CT molecular complexity index is 611. The van der Waals surface area contributed by atoms with Crippen LogP contribution in [0.2, 0.25) is 0 Å². The van der Waals surface area contributed by atoms with Gasteiger partial charge >= 0.3 is 0 Å². The zero-order valence-electron chi connectivity index (χ0n) is 14.8. The van der Waals surface area contributed by atoms with Gasteiger partial charge in [0.15, 0.2) is 0 Å². The number of rotatable bonds is 6. The number of halogens is 1. The molecule has 1 saturated heterocycles. The normalized spacial score (nSPS) is 17.5. The molecule has 5 nitrogen and oxygen atoms in total. The second-order valence-electron chi connectivity index (χ2n) is 7.07. The molecule has 1 heterocycles. The maximum Gasteiger partial charge on any atom is 0.227 e. The Labute approximate surface area is 155 Å². The molecule has 138 valence electrons. The highest BCUT2D eigenvalue weighted by Gasteiger charge is 2.29. The molecule has 1 saturated carbocycles. The highest BCUT2D eigenvalue weighted by molar-refractivity contribution is 5.96. The molecular formula is C19H28ClN3O2. The van der Waals surface area contributed by atoms with E-state index in [4.69, 9.17) is 0 Å². The van der Waals surface area contributed by atoms with Crippen LogP contribution in [0.15, 0.2) is 18.2 Å². The summed E-state index contributed by atoms with van der Waals surface area (Å²) in [5, 5.41) is 9.28. The lowest BCUT2D eigenvalue weighted by atomic mass is 9.93. The van der Waals surface area contributed by atoms with E-state index in [0.29, 0.717) is 12.3 Å². The number of amides is 2. The van der Waals surface area contributed by atoms with Crippen molar-refractivity contribution in [3.8, 4) is 0 Å². The fourth-order valence-corrected chi connectivity index (χ4v) is 3.14. The highest BCUT2D eigenvalue weighted by atomic mass is 35.5. The van der Waals surface area contributed by atoms with Gasteiger partial charge in [-0.05, 0) is 75.7 Å². The van der Waals surface area contributed by atoms with Gasteiger partial charge in [0.05, 0.1) is 0 Å². The molecule has 2 aliphatic rings. The molecule has 6 heteroatoms. The number of benzene rings is 1. The molecule has 0 unspecified atom stereocenters. The summed E-state index contributed by atoms with van der Waals surface area (Å²) in [7, 11) is 0. The highest BCUT2D eigenvalue weighted by Crippen LogP contribution is 2.31. The Morgan fingerprint density at radius 3 is 2.52 bits per heavy atom. The first-order valence-electron chi connectivity index (χ1n) is 9.04. The molecule has 2 fully saturated rings. The van der Waals surface area contributed by atoms with E-state index in [1.165, 1.54) is 0 Å². The molecule has 0 radical (unpaired) electrons. The predicted octanol–water partition coefficient (Wildman–Crippen LogP) is 3.48. The molecule has 25 heavy (non-hydrogen) atoms. The minimum absolute atomic E-state index is 0. The number of hydrogen-bond acceptors (Lipinski definition) is 3. The Kier molecular flexibility index (Phi) is 7.26. The van der Waals surface area contributed by atoms with Crippen LogP contribution < -0.4 is 16.0 Å². The molecule has 0 bridgehead atoms. The van der Waals surface area contributed by atoms with Gasteiger partial charge in [0.2, 0.25) is 11.8 Å². The number of hydrogen-bond donors (Lipinski definition) is 3. The van der Waals surface area contributed by atoms with Crippen molar-refractivity contribution < 1.29 is 9.59 Å². The van der Waals surface area contributed by atoms with Crippen molar-refractivity contribution in [2.24, 2.45) is 11.8 Å². The van der Waals surface area contributed by atoms with Gasteiger partial charge in [-0.15, -0.1) is 12.4 Å². The van der Waals surface area contributed by atoms with Gasteiger partial charge < -0.3 is 16.0 Å². The van der Waals surface area contributed by atoms with Gasteiger partial charge in [-0.1, -0.05) is 6.07 Å². The first-order chi connectivity index (χ1) is 11.6. The molecule has 3 N–H and O–H groups in total. The molecule has 1 aromatic rings. The van der Waals surface area contributed by atoms with E-state index in [-0.39, 0.29) is 30.1 Å². The molecule has 3 rings (SSSR count). The fraction of sp³-hybridized carbons (Fsp3) is 0.579. The average molecular weight is 366 g/mol. The summed E-state index contributed by atoms with van der Waals surface area (Å²) in [6.07, 6.45) is 5.80. The number of nitrogens with one attached hydrogen (secondary N) is 3. The largest absolute Gasteiger partial charge is 0.326 e. The number of piperidine rings is 1. The van der Waals surface area contributed by atoms with Crippen LogP contribution in [0, 0.1) is 18.8 Å². The van der Waals surface area contributed by atoms with Crippen molar-refractivity contribution in [3.63, 3.8) is 0 Å². The second kappa shape index (κ2) is 9.20. The Morgan fingerprint density at radius 2 is 1.84 bits per heavy atom. The van der Waals surface area contributed by atoms with Gasteiger partial charge in [0.25, 0.3) is 0 Å². The predicted molar refractivity (Wildman–Crippen MR) is 103 cm³/mol. The molecular weight excluding hydrogens is 338 g/mol. The zero-order valence-corrected chi connectivity index (χ0v) is 15.6. The summed E-state index contributed by atoms with van der Waals surface area (Å²) >= 11 is 0. The molecule has 0 spiro atoms. The second-order valence-corrected chi connectivity index (χ2v) is 7.07. The maximum atomic E-state index is 12.2. The van der Waals surface area contributed by atoms with Crippen molar-refractivity contribution in [2.45, 2.75) is 45.4 Å². The topological polar surface area (TPSA) is 70.2 Å². The van der Waals surface area contributed by atoms with Crippen LogP contribution in [0.3, 0.4) is 0 Å². The van der Waals surface area contributed by atoms with Gasteiger partial charge in [0, 0.05) is 23.7 Å². The minimum atomic E-state index is 0. The molecule has 2 amide bonds. The van der Waals surface area contributed by atoms with E-state index in [1.807, 2.05) is 25.1 Å². The summed E-state index contributed by atoms with van der Waals surface area (Å²) in [6.45, 7) is 4.09. The first kappa shape index (κ1) is 19.7. The van der Waals surface area contributed by atoms with E-state index >= 15 is 0 Å². The fourth-order valence-electron chi connectivity index (χ4n) is 3.14. The Balaban J connectivity index is 0.00000225. The van der Waals surface area contributed by atoms with Crippen LogP contribution in [0.5, 0.6) is 0 Å². The van der Waals surface area contributed by atoms with Crippen molar-refractivity contribution in [1.29, 1.82) is 0 Å². The number of carbonyl (C=O) groups excluding carboxylic acids is 2. The Morgan fingerprint density at radius 1 is 1.12 bits per heavy atom. The Hall–Kier alpha value is -1.59. The summed E-state index contributed by atoms with van der Waals surface area (Å²) in [4.78, 5) is 24.1. The van der Waals surface area contributed by atoms with Crippen LogP contribution in [-0.2, 0) is 9.59 Å². The van der Waals surface area contributed by atoms with Crippen LogP contribution in [0.1, 0.15) is 44.1 Å². The smallest absolute Gasteiger partial charge is 0.227 e. The number of carbonyl (C=O) groups is 2. The van der Waals surface area contributed by atoms with Crippen LogP contribution in [0.4, 0.5) is 11.4 Å². The molecule has 1 aromatic carbocycles. The van der Waals surface area contributed by atoms with E-state index < -0.39 is 0 Å². The lowest BCUT2D eigenvalue weighted by molar-refractivity contribution is -0.117. The quantitative estimate of drug-likeness (QED) is 0.722. The van der Waals surface area contributed by atoms with Crippen molar-refractivity contribution >= 4 is 35.6 Å².